The Labute approximate surface area is 266 Å². The number of carbonyl (C=O) groups is 2. The van der Waals surface area contributed by atoms with Crippen LogP contribution in [0.4, 0.5) is 5.69 Å². The second-order valence-corrected chi connectivity index (χ2v) is 13.6. The zero-order chi connectivity index (χ0) is 31.3. The number of aromatic nitrogens is 4. The van der Waals surface area contributed by atoms with Gasteiger partial charge in [0.25, 0.3) is 5.91 Å². The van der Waals surface area contributed by atoms with Crippen LogP contribution in [0.5, 0.6) is 5.75 Å². The standard InChI is InChI=1S/C36H37N7O3/c1-41-33-27(14-24(16-30(33)46-2)36(45)43-18-23-8-11-28(43)32(23)37)40-35(41)29-15-22-7-10-25(39-34(22)42(29)17-19-3-4-19)21-6-5-20-9-12-31(44)38-26(20)13-21/h5-7,10,13-16,19,23,28,32H,3-4,8-9,11-12,17-18,37H2,1-2H3,(H,38,44)/t23-,28-,32-/m1/s1. The molecule has 0 unspecified atom stereocenters. The summed E-state index contributed by atoms with van der Waals surface area (Å²) in [6.45, 7) is 1.58. The van der Waals surface area contributed by atoms with Gasteiger partial charge in [0.1, 0.15) is 16.9 Å². The third-order valence-corrected chi connectivity index (χ3v) is 10.7. The molecule has 3 atom stereocenters. The molecule has 2 amide bonds. The molecule has 234 valence electrons. The average Bonchev–Trinajstić information content (AvgIpc) is 3.47. The number of rotatable bonds is 6. The SMILES string of the molecule is COc1cc(C(=O)N2C[C@H]3CC[C@@H]2[C@@H]3N)cc2nc(-c3cc4ccc(-c5ccc6c(c5)NC(=O)CC6)nc4n3CC3CC3)n(C)c12. The highest BCUT2D eigenvalue weighted by Gasteiger charge is 2.47. The number of nitrogens with one attached hydrogen (secondary N) is 1. The number of fused-ring (bicyclic) bond motifs is 5. The molecule has 2 bridgehead atoms. The normalized spacial score (nSPS) is 22.1. The van der Waals surface area contributed by atoms with Gasteiger partial charge in [0, 0.05) is 60.8 Å². The van der Waals surface area contributed by atoms with Crippen molar-refractivity contribution in [2.45, 2.75) is 57.2 Å². The van der Waals surface area contributed by atoms with Crippen LogP contribution >= 0.6 is 0 Å². The molecule has 5 heterocycles. The van der Waals surface area contributed by atoms with Gasteiger partial charge >= 0.3 is 0 Å². The van der Waals surface area contributed by atoms with Gasteiger partial charge in [-0.25, -0.2) is 9.97 Å². The lowest BCUT2D eigenvalue weighted by Crippen LogP contribution is -2.41. The molecule has 3 fully saturated rings. The number of nitrogens with zero attached hydrogens (tertiary/aromatic N) is 5. The Morgan fingerprint density at radius 1 is 1.04 bits per heavy atom. The number of piperidine rings is 1. The van der Waals surface area contributed by atoms with Crippen molar-refractivity contribution in [1.82, 2.24) is 24.0 Å². The van der Waals surface area contributed by atoms with Crippen molar-refractivity contribution >= 4 is 39.6 Å². The van der Waals surface area contributed by atoms with Crippen LogP contribution in [-0.4, -0.2) is 61.6 Å². The maximum absolute atomic E-state index is 13.7. The Morgan fingerprint density at radius 3 is 2.67 bits per heavy atom. The number of hydrogen-bond donors (Lipinski definition) is 2. The summed E-state index contributed by atoms with van der Waals surface area (Å²) >= 11 is 0. The summed E-state index contributed by atoms with van der Waals surface area (Å²) in [6, 6.07) is 16.5. The molecule has 2 saturated carbocycles. The van der Waals surface area contributed by atoms with Crippen molar-refractivity contribution in [3.63, 3.8) is 0 Å². The van der Waals surface area contributed by atoms with Crippen LogP contribution < -0.4 is 15.8 Å². The maximum Gasteiger partial charge on any atom is 0.254 e. The molecule has 0 radical (unpaired) electrons. The lowest BCUT2D eigenvalue weighted by Gasteiger charge is -2.27. The van der Waals surface area contributed by atoms with E-state index in [9.17, 15) is 9.59 Å². The largest absolute Gasteiger partial charge is 0.494 e. The van der Waals surface area contributed by atoms with Crippen LogP contribution in [0.2, 0.25) is 0 Å². The van der Waals surface area contributed by atoms with Crippen molar-refractivity contribution in [2.24, 2.45) is 24.6 Å². The molecule has 3 aromatic heterocycles. The summed E-state index contributed by atoms with van der Waals surface area (Å²) in [7, 11) is 3.65. The molecule has 2 aromatic carbocycles. The summed E-state index contributed by atoms with van der Waals surface area (Å²) < 4.78 is 10.2. The number of aryl methyl sites for hydroxylation is 2. The third kappa shape index (κ3) is 4.26. The molecule has 0 spiro atoms. The Kier molecular flexibility index (Phi) is 6.09. The minimum Gasteiger partial charge on any atom is -0.494 e. The molecule has 2 aliphatic carbocycles. The van der Waals surface area contributed by atoms with Gasteiger partial charge in [-0.1, -0.05) is 12.1 Å². The van der Waals surface area contributed by atoms with Gasteiger partial charge in [-0.15, -0.1) is 0 Å². The number of amides is 2. The molecule has 10 heteroatoms. The molecule has 3 N–H and O–H groups in total. The van der Waals surface area contributed by atoms with Gasteiger partial charge in [0.2, 0.25) is 5.91 Å². The molecular weight excluding hydrogens is 578 g/mol. The van der Waals surface area contributed by atoms with E-state index in [-0.39, 0.29) is 23.9 Å². The molecule has 4 aliphatic rings. The van der Waals surface area contributed by atoms with Crippen molar-refractivity contribution in [3.8, 4) is 28.5 Å². The minimum absolute atomic E-state index is 0.00336. The first kappa shape index (κ1) is 27.6. The first-order chi connectivity index (χ1) is 22.4. The second-order valence-electron chi connectivity index (χ2n) is 13.6. The van der Waals surface area contributed by atoms with Crippen LogP contribution in [-0.2, 0) is 24.8 Å². The first-order valence-electron chi connectivity index (χ1n) is 16.4. The number of pyridine rings is 1. The zero-order valence-electron chi connectivity index (χ0n) is 26.1. The Morgan fingerprint density at radius 2 is 1.91 bits per heavy atom. The topological polar surface area (TPSA) is 120 Å². The Hall–Kier alpha value is -4.70. The van der Waals surface area contributed by atoms with Crippen LogP contribution in [0.3, 0.4) is 0 Å². The summed E-state index contributed by atoms with van der Waals surface area (Å²) in [5.41, 5.74) is 14.3. The lowest BCUT2D eigenvalue weighted by molar-refractivity contribution is -0.116. The summed E-state index contributed by atoms with van der Waals surface area (Å²) in [4.78, 5) is 38.1. The number of ether oxygens (including phenoxy) is 1. The number of benzene rings is 2. The van der Waals surface area contributed by atoms with Gasteiger partial charge in [0.05, 0.1) is 24.0 Å². The molecule has 10 nitrogen and oxygen atoms in total. The number of carbonyl (C=O) groups excluding carboxylic acids is 2. The van der Waals surface area contributed by atoms with E-state index in [1.165, 1.54) is 12.8 Å². The Bertz CT molecular complexity index is 2090. The fourth-order valence-corrected chi connectivity index (χ4v) is 8.01. The molecular formula is C36H37N7O3. The van der Waals surface area contributed by atoms with E-state index < -0.39 is 0 Å². The van der Waals surface area contributed by atoms with Crippen LogP contribution in [0.25, 0.3) is 44.8 Å². The molecule has 9 rings (SSSR count). The Balaban J connectivity index is 1.14. The first-order valence-corrected chi connectivity index (χ1v) is 16.4. The molecule has 5 aromatic rings. The van der Waals surface area contributed by atoms with Crippen molar-refractivity contribution < 1.29 is 14.3 Å². The monoisotopic (exact) mass is 615 g/mol. The highest BCUT2D eigenvalue weighted by atomic mass is 16.5. The average molecular weight is 616 g/mol. The molecule has 46 heavy (non-hydrogen) atoms. The predicted octanol–water partition coefficient (Wildman–Crippen LogP) is 5.12. The predicted molar refractivity (Wildman–Crippen MR) is 177 cm³/mol. The van der Waals surface area contributed by atoms with E-state index in [0.717, 1.165) is 88.4 Å². The summed E-state index contributed by atoms with van der Waals surface area (Å²) in [5, 5.41) is 4.06. The number of methoxy groups -OCH3 is 1. The van der Waals surface area contributed by atoms with Gasteiger partial charge in [-0.05, 0) is 85.9 Å². The summed E-state index contributed by atoms with van der Waals surface area (Å²) in [5.74, 6) is 2.47. The number of nitrogens with two attached hydrogens (primary N) is 1. The number of likely N-dealkylation sites (tertiary alicyclic amines) is 1. The summed E-state index contributed by atoms with van der Waals surface area (Å²) in [6.07, 6.45) is 5.74. The zero-order valence-corrected chi connectivity index (χ0v) is 26.1. The highest BCUT2D eigenvalue weighted by molar-refractivity contribution is 6.00. The second kappa shape index (κ2) is 10.2. The van der Waals surface area contributed by atoms with Crippen LogP contribution in [0.15, 0.2) is 48.5 Å². The quantitative estimate of drug-likeness (QED) is 0.274. The molecule has 1 saturated heterocycles. The van der Waals surface area contributed by atoms with E-state index in [1.54, 1.807) is 7.11 Å². The van der Waals surface area contributed by atoms with E-state index >= 15 is 0 Å². The molecule has 2 aliphatic heterocycles. The highest BCUT2D eigenvalue weighted by Crippen LogP contribution is 2.40. The fraction of sp³-hybridized carbons (Fsp3) is 0.389. The van der Waals surface area contributed by atoms with E-state index in [1.807, 2.05) is 36.2 Å². The van der Waals surface area contributed by atoms with E-state index in [4.69, 9.17) is 20.4 Å². The van der Waals surface area contributed by atoms with Crippen molar-refractivity contribution in [1.29, 1.82) is 0 Å². The minimum atomic E-state index is -0.00336. The van der Waals surface area contributed by atoms with Gasteiger partial charge < -0.3 is 29.8 Å². The van der Waals surface area contributed by atoms with E-state index in [2.05, 4.69) is 38.7 Å². The van der Waals surface area contributed by atoms with E-state index in [0.29, 0.717) is 29.6 Å². The van der Waals surface area contributed by atoms with Gasteiger partial charge in [-0.3, -0.25) is 9.59 Å². The number of anilines is 1. The maximum atomic E-state index is 13.7. The van der Waals surface area contributed by atoms with Crippen molar-refractivity contribution in [3.05, 3.63) is 59.7 Å². The van der Waals surface area contributed by atoms with Crippen LogP contribution in [0.1, 0.15) is 48.0 Å². The van der Waals surface area contributed by atoms with Gasteiger partial charge in [-0.2, -0.15) is 0 Å². The number of imidazole rings is 1. The fourth-order valence-electron chi connectivity index (χ4n) is 8.01. The lowest BCUT2D eigenvalue weighted by atomic mass is 9.99. The van der Waals surface area contributed by atoms with Gasteiger partial charge in [0.15, 0.2) is 5.82 Å². The third-order valence-electron chi connectivity index (χ3n) is 10.7. The van der Waals surface area contributed by atoms with Crippen molar-refractivity contribution in [2.75, 3.05) is 19.0 Å². The smallest absolute Gasteiger partial charge is 0.254 e. The van der Waals surface area contributed by atoms with Crippen LogP contribution in [0, 0.1) is 11.8 Å². The number of hydrogen-bond acceptors (Lipinski definition) is 6.